The van der Waals surface area contributed by atoms with Crippen LogP contribution in [0.3, 0.4) is 0 Å². The van der Waals surface area contributed by atoms with Gasteiger partial charge in [-0.15, -0.1) is 0 Å². The van der Waals surface area contributed by atoms with E-state index in [0.29, 0.717) is 4.90 Å². The Morgan fingerprint density at radius 2 is 1.74 bits per heavy atom. The van der Waals surface area contributed by atoms with Gasteiger partial charge in [0, 0.05) is 13.1 Å². The number of benzene rings is 1. The van der Waals surface area contributed by atoms with E-state index in [9.17, 15) is 8.42 Å². The van der Waals surface area contributed by atoms with E-state index in [-0.39, 0.29) is 6.04 Å². The molecular formula is C15H23NO2S. The first-order valence-electron chi connectivity index (χ1n) is 7.06. The van der Waals surface area contributed by atoms with Crippen molar-refractivity contribution in [3.05, 3.63) is 29.8 Å². The highest BCUT2D eigenvalue weighted by Crippen LogP contribution is 2.26. The largest absolute Gasteiger partial charge is 0.243 e. The fourth-order valence-corrected chi connectivity index (χ4v) is 4.28. The molecule has 1 fully saturated rings. The third kappa shape index (κ3) is 3.37. The predicted molar refractivity (Wildman–Crippen MR) is 77.6 cm³/mol. The van der Waals surface area contributed by atoms with Crippen LogP contribution in [-0.2, 0) is 10.0 Å². The lowest BCUT2D eigenvalue weighted by Crippen LogP contribution is -2.36. The molecule has 0 spiro atoms. The second-order valence-corrected chi connectivity index (χ2v) is 7.48. The number of hydrogen-bond acceptors (Lipinski definition) is 2. The molecule has 3 nitrogen and oxygen atoms in total. The van der Waals surface area contributed by atoms with Crippen LogP contribution in [-0.4, -0.2) is 25.8 Å². The lowest BCUT2D eigenvalue weighted by molar-refractivity contribution is 0.335. The Labute approximate surface area is 116 Å². The predicted octanol–water partition coefficient (Wildman–Crippen LogP) is 3.34. The molecule has 2 rings (SSSR count). The number of nitrogens with zero attached hydrogens (tertiary/aromatic N) is 1. The van der Waals surface area contributed by atoms with Crippen molar-refractivity contribution < 1.29 is 8.42 Å². The minimum absolute atomic E-state index is 0.160. The maximum Gasteiger partial charge on any atom is 0.243 e. The van der Waals surface area contributed by atoms with Gasteiger partial charge in [-0.25, -0.2) is 8.42 Å². The van der Waals surface area contributed by atoms with Crippen LogP contribution in [0, 0.1) is 6.92 Å². The summed E-state index contributed by atoms with van der Waals surface area (Å²) in [5, 5.41) is 0. The van der Waals surface area contributed by atoms with Crippen molar-refractivity contribution in [1.29, 1.82) is 0 Å². The molecule has 1 aliphatic carbocycles. The van der Waals surface area contributed by atoms with Crippen LogP contribution in [0.1, 0.15) is 44.1 Å². The van der Waals surface area contributed by atoms with Gasteiger partial charge in [0.05, 0.1) is 4.90 Å². The third-order valence-corrected chi connectivity index (χ3v) is 5.91. The molecule has 0 radical (unpaired) electrons. The van der Waals surface area contributed by atoms with E-state index in [0.717, 1.165) is 31.2 Å². The lowest BCUT2D eigenvalue weighted by atomic mass is 10.1. The molecule has 106 valence electrons. The van der Waals surface area contributed by atoms with Gasteiger partial charge in [0.2, 0.25) is 10.0 Å². The summed E-state index contributed by atoms with van der Waals surface area (Å²) in [4.78, 5) is 0.416. The average Bonchev–Trinajstić information content (AvgIpc) is 2.66. The van der Waals surface area contributed by atoms with Gasteiger partial charge >= 0.3 is 0 Å². The van der Waals surface area contributed by atoms with Crippen molar-refractivity contribution >= 4 is 10.0 Å². The van der Waals surface area contributed by atoms with Crippen LogP contribution in [0.2, 0.25) is 0 Å². The van der Waals surface area contributed by atoms with Crippen molar-refractivity contribution in [2.24, 2.45) is 0 Å². The quantitative estimate of drug-likeness (QED) is 0.797. The topological polar surface area (TPSA) is 37.4 Å². The third-order valence-electron chi connectivity index (χ3n) is 4.01. The monoisotopic (exact) mass is 281 g/mol. The summed E-state index contributed by atoms with van der Waals surface area (Å²) in [5.74, 6) is 0. The Bertz CT molecular complexity index is 517. The summed E-state index contributed by atoms with van der Waals surface area (Å²) in [6.07, 6.45) is 6.71. The SMILES string of the molecule is Cc1cccc(S(=O)(=O)N(C)C2CCCCCC2)c1. The van der Waals surface area contributed by atoms with E-state index in [4.69, 9.17) is 0 Å². The van der Waals surface area contributed by atoms with Gasteiger partial charge in [-0.05, 0) is 37.5 Å². The second kappa shape index (κ2) is 6.06. The number of rotatable bonds is 3. The van der Waals surface area contributed by atoms with Gasteiger partial charge in [-0.3, -0.25) is 0 Å². The smallest absolute Gasteiger partial charge is 0.207 e. The van der Waals surface area contributed by atoms with Gasteiger partial charge in [0.15, 0.2) is 0 Å². The zero-order valence-electron chi connectivity index (χ0n) is 11.8. The summed E-state index contributed by atoms with van der Waals surface area (Å²) < 4.78 is 26.8. The van der Waals surface area contributed by atoms with Crippen molar-refractivity contribution in [2.45, 2.75) is 56.4 Å². The molecule has 0 unspecified atom stereocenters. The summed E-state index contributed by atoms with van der Waals surface area (Å²) in [5.41, 5.74) is 0.982. The van der Waals surface area contributed by atoms with Crippen LogP contribution in [0.15, 0.2) is 29.2 Å². The molecule has 0 N–H and O–H groups in total. The second-order valence-electron chi connectivity index (χ2n) is 5.48. The van der Waals surface area contributed by atoms with Gasteiger partial charge < -0.3 is 0 Å². The summed E-state index contributed by atoms with van der Waals surface area (Å²) in [6.45, 7) is 1.92. The van der Waals surface area contributed by atoms with Crippen LogP contribution < -0.4 is 0 Å². The van der Waals surface area contributed by atoms with Gasteiger partial charge in [-0.1, -0.05) is 37.8 Å². The Morgan fingerprint density at radius 3 is 2.32 bits per heavy atom. The van der Waals surface area contributed by atoms with E-state index < -0.39 is 10.0 Å². The molecule has 19 heavy (non-hydrogen) atoms. The minimum Gasteiger partial charge on any atom is -0.207 e. The lowest BCUT2D eigenvalue weighted by Gasteiger charge is -2.26. The maximum atomic E-state index is 12.6. The highest BCUT2D eigenvalue weighted by molar-refractivity contribution is 7.89. The zero-order valence-corrected chi connectivity index (χ0v) is 12.6. The maximum absolute atomic E-state index is 12.6. The first kappa shape index (κ1) is 14.5. The summed E-state index contributed by atoms with van der Waals surface area (Å²) in [7, 11) is -1.61. The zero-order chi connectivity index (χ0) is 13.9. The molecule has 4 heteroatoms. The molecule has 1 saturated carbocycles. The van der Waals surface area contributed by atoms with Crippen molar-refractivity contribution in [3.8, 4) is 0 Å². The fourth-order valence-electron chi connectivity index (χ4n) is 2.76. The molecule has 0 bridgehead atoms. The summed E-state index contributed by atoms with van der Waals surface area (Å²) >= 11 is 0. The fraction of sp³-hybridized carbons (Fsp3) is 0.600. The van der Waals surface area contributed by atoms with E-state index in [2.05, 4.69) is 0 Å². The van der Waals surface area contributed by atoms with E-state index >= 15 is 0 Å². The molecule has 0 saturated heterocycles. The average molecular weight is 281 g/mol. The number of hydrogen-bond donors (Lipinski definition) is 0. The Kier molecular flexibility index (Phi) is 4.63. The van der Waals surface area contributed by atoms with Crippen molar-refractivity contribution in [2.75, 3.05) is 7.05 Å². The minimum atomic E-state index is -3.34. The highest BCUT2D eigenvalue weighted by atomic mass is 32.2. The number of sulfonamides is 1. The molecule has 0 atom stereocenters. The Hall–Kier alpha value is -0.870. The van der Waals surface area contributed by atoms with E-state index in [1.807, 2.05) is 19.1 Å². The molecule has 1 aromatic rings. The molecule has 0 aliphatic heterocycles. The van der Waals surface area contributed by atoms with Gasteiger partial charge in [0.1, 0.15) is 0 Å². The molecule has 0 amide bonds. The van der Waals surface area contributed by atoms with Crippen LogP contribution in [0.25, 0.3) is 0 Å². The molecule has 0 heterocycles. The number of aryl methyl sites for hydroxylation is 1. The van der Waals surface area contributed by atoms with Crippen LogP contribution in [0.5, 0.6) is 0 Å². The van der Waals surface area contributed by atoms with Crippen molar-refractivity contribution in [1.82, 2.24) is 4.31 Å². The molecule has 1 aromatic carbocycles. The molecule has 0 aromatic heterocycles. The summed E-state index contributed by atoms with van der Waals surface area (Å²) in [6, 6.07) is 7.33. The van der Waals surface area contributed by atoms with Crippen molar-refractivity contribution in [3.63, 3.8) is 0 Å². The standard InChI is InChI=1S/C15H23NO2S/c1-13-8-7-11-15(12-13)19(17,18)16(2)14-9-5-3-4-6-10-14/h7-8,11-12,14H,3-6,9-10H2,1-2H3. The molecule has 1 aliphatic rings. The van der Waals surface area contributed by atoms with Gasteiger partial charge in [-0.2, -0.15) is 4.31 Å². The van der Waals surface area contributed by atoms with Crippen LogP contribution >= 0.6 is 0 Å². The first-order valence-corrected chi connectivity index (χ1v) is 8.50. The normalized spacial score (nSPS) is 18.5. The van der Waals surface area contributed by atoms with E-state index in [1.54, 1.807) is 23.5 Å². The first-order chi connectivity index (χ1) is 9.01. The highest BCUT2D eigenvalue weighted by Gasteiger charge is 2.28. The Morgan fingerprint density at radius 1 is 1.11 bits per heavy atom. The van der Waals surface area contributed by atoms with Crippen LogP contribution in [0.4, 0.5) is 0 Å². The van der Waals surface area contributed by atoms with E-state index in [1.165, 1.54) is 12.8 Å². The Balaban J connectivity index is 2.23. The van der Waals surface area contributed by atoms with Gasteiger partial charge in [0.25, 0.3) is 0 Å². The molecular weight excluding hydrogens is 258 g/mol.